The van der Waals surface area contributed by atoms with Crippen LogP contribution in [0.25, 0.3) is 0 Å². The van der Waals surface area contributed by atoms with Crippen molar-refractivity contribution in [2.45, 2.75) is 68.7 Å². The van der Waals surface area contributed by atoms with E-state index in [1.165, 1.54) is 12.8 Å². The molecule has 0 saturated heterocycles. The topological polar surface area (TPSA) is 52.6 Å². The van der Waals surface area contributed by atoms with Gasteiger partial charge in [-0.2, -0.15) is 11.8 Å². The summed E-state index contributed by atoms with van der Waals surface area (Å²) in [5, 5.41) is 13.1. The van der Waals surface area contributed by atoms with Gasteiger partial charge < -0.3 is 15.3 Å². The second kappa shape index (κ2) is 8.28. The highest BCUT2D eigenvalue weighted by Crippen LogP contribution is 2.28. The van der Waals surface area contributed by atoms with E-state index in [1.807, 2.05) is 23.7 Å². The Bertz CT molecular complexity index is 332. The van der Waals surface area contributed by atoms with Crippen molar-refractivity contribution in [2.75, 3.05) is 19.9 Å². The predicted molar refractivity (Wildman–Crippen MR) is 88.7 cm³/mol. The Balaban J connectivity index is 1.77. The number of rotatable bonds is 4. The monoisotopic (exact) mass is 314 g/mol. The number of aliphatic hydroxyl groups excluding tert-OH is 1. The zero-order valence-corrected chi connectivity index (χ0v) is 14.2. The number of nitrogens with zero attached hydrogens (tertiary/aromatic N) is 1. The number of hydrogen-bond acceptors (Lipinski definition) is 3. The van der Waals surface area contributed by atoms with Gasteiger partial charge in [0.05, 0.1) is 0 Å². The van der Waals surface area contributed by atoms with Crippen LogP contribution in [0.1, 0.15) is 51.4 Å². The molecule has 2 aliphatic rings. The minimum Gasteiger partial charge on any atom is -0.396 e. The van der Waals surface area contributed by atoms with Crippen LogP contribution in [0.15, 0.2) is 0 Å². The summed E-state index contributed by atoms with van der Waals surface area (Å²) in [6.07, 6.45) is 11.0. The number of thioether (sulfide) groups is 1. The summed E-state index contributed by atoms with van der Waals surface area (Å²) in [5.74, 6) is 0.443. The Hall–Kier alpha value is -0.420. The maximum absolute atomic E-state index is 12.4. The van der Waals surface area contributed by atoms with Crippen molar-refractivity contribution in [2.24, 2.45) is 5.92 Å². The van der Waals surface area contributed by atoms with Crippen molar-refractivity contribution in [1.82, 2.24) is 10.2 Å². The molecule has 0 radical (unpaired) electrons. The molecule has 5 heteroatoms. The second-order valence-corrected chi connectivity index (χ2v) is 7.78. The van der Waals surface area contributed by atoms with Crippen molar-refractivity contribution < 1.29 is 9.90 Å². The molecule has 4 nitrogen and oxygen atoms in total. The first kappa shape index (κ1) is 16.9. The lowest BCUT2D eigenvalue weighted by Gasteiger charge is -2.36. The average molecular weight is 314 g/mol. The van der Waals surface area contributed by atoms with E-state index in [0.29, 0.717) is 29.9 Å². The quantitative estimate of drug-likeness (QED) is 0.839. The summed E-state index contributed by atoms with van der Waals surface area (Å²) in [4.78, 5) is 14.3. The lowest BCUT2D eigenvalue weighted by Crippen LogP contribution is -2.49. The highest BCUT2D eigenvalue weighted by molar-refractivity contribution is 7.99. The maximum atomic E-state index is 12.4. The molecule has 2 atom stereocenters. The van der Waals surface area contributed by atoms with Crippen LogP contribution in [0.4, 0.5) is 4.79 Å². The number of amides is 2. The van der Waals surface area contributed by atoms with E-state index in [2.05, 4.69) is 11.6 Å². The summed E-state index contributed by atoms with van der Waals surface area (Å²) < 4.78 is 0. The standard InChI is InChI=1S/C16H30N2O2S/c1-18(14-8-6-12(11-19)7-9-14)16(20)17-13-4-3-5-15(10-13)21-2/h12-15,19H,3-11H2,1-2H3,(H,17,20). The largest absolute Gasteiger partial charge is 0.396 e. The maximum Gasteiger partial charge on any atom is 0.317 e. The smallest absolute Gasteiger partial charge is 0.317 e. The molecular weight excluding hydrogens is 284 g/mol. The van der Waals surface area contributed by atoms with E-state index in [4.69, 9.17) is 0 Å². The molecule has 0 aromatic carbocycles. The molecule has 122 valence electrons. The van der Waals surface area contributed by atoms with Gasteiger partial charge in [-0.1, -0.05) is 6.42 Å². The predicted octanol–water partition coefficient (Wildman–Crippen LogP) is 2.85. The molecule has 0 heterocycles. The van der Waals surface area contributed by atoms with Crippen LogP contribution >= 0.6 is 11.8 Å². The summed E-state index contributed by atoms with van der Waals surface area (Å²) in [6.45, 7) is 0.292. The van der Waals surface area contributed by atoms with Crippen molar-refractivity contribution in [3.05, 3.63) is 0 Å². The molecule has 2 rings (SSSR count). The molecule has 2 fully saturated rings. The Kier molecular flexibility index (Phi) is 6.68. The molecule has 2 aliphatic carbocycles. The van der Waals surface area contributed by atoms with Crippen molar-refractivity contribution in [1.29, 1.82) is 0 Å². The molecule has 0 bridgehead atoms. The fourth-order valence-electron chi connectivity index (χ4n) is 3.65. The highest BCUT2D eigenvalue weighted by atomic mass is 32.2. The third-order valence-corrected chi connectivity index (χ3v) is 6.32. The molecule has 0 aromatic rings. The number of carbonyl (C=O) groups excluding carboxylic acids is 1. The average Bonchev–Trinajstić information content (AvgIpc) is 2.54. The minimum atomic E-state index is 0.0919. The van der Waals surface area contributed by atoms with Crippen LogP contribution in [-0.2, 0) is 0 Å². The molecule has 2 amide bonds. The van der Waals surface area contributed by atoms with Crippen LogP contribution in [0.5, 0.6) is 0 Å². The van der Waals surface area contributed by atoms with E-state index < -0.39 is 0 Å². The zero-order chi connectivity index (χ0) is 15.2. The molecular formula is C16H30N2O2S. The van der Waals surface area contributed by atoms with Gasteiger partial charge in [0.15, 0.2) is 0 Å². The Labute approximate surface area is 133 Å². The molecule has 2 N–H and O–H groups in total. The van der Waals surface area contributed by atoms with E-state index in [1.54, 1.807) is 0 Å². The van der Waals surface area contributed by atoms with Gasteiger partial charge in [0.25, 0.3) is 0 Å². The molecule has 2 saturated carbocycles. The summed E-state index contributed by atoms with van der Waals surface area (Å²) in [7, 11) is 1.92. The van der Waals surface area contributed by atoms with Crippen molar-refractivity contribution in [3.8, 4) is 0 Å². The van der Waals surface area contributed by atoms with Gasteiger partial charge in [-0.25, -0.2) is 4.79 Å². The zero-order valence-electron chi connectivity index (χ0n) is 13.4. The Morgan fingerprint density at radius 2 is 1.95 bits per heavy atom. The molecule has 0 aliphatic heterocycles. The number of nitrogens with one attached hydrogen (secondary N) is 1. The van der Waals surface area contributed by atoms with E-state index in [9.17, 15) is 9.90 Å². The first-order valence-corrected chi connectivity index (χ1v) is 9.59. The van der Waals surface area contributed by atoms with Crippen molar-refractivity contribution in [3.63, 3.8) is 0 Å². The van der Waals surface area contributed by atoms with Crippen molar-refractivity contribution >= 4 is 17.8 Å². The summed E-state index contributed by atoms with van der Waals surface area (Å²) in [6, 6.07) is 0.780. The fraction of sp³-hybridized carbons (Fsp3) is 0.938. The summed E-state index contributed by atoms with van der Waals surface area (Å²) >= 11 is 1.93. The van der Waals surface area contributed by atoms with Crippen LogP contribution < -0.4 is 5.32 Å². The third kappa shape index (κ3) is 4.78. The van der Waals surface area contributed by atoms with Gasteiger partial charge in [0, 0.05) is 31.0 Å². The van der Waals surface area contributed by atoms with Gasteiger partial charge in [0.2, 0.25) is 0 Å². The lowest BCUT2D eigenvalue weighted by atomic mass is 9.86. The summed E-state index contributed by atoms with van der Waals surface area (Å²) in [5.41, 5.74) is 0. The second-order valence-electron chi connectivity index (χ2n) is 6.64. The van der Waals surface area contributed by atoms with Crippen LogP contribution in [0.2, 0.25) is 0 Å². The first-order chi connectivity index (χ1) is 10.1. The van der Waals surface area contributed by atoms with Gasteiger partial charge in [-0.05, 0) is 57.1 Å². The van der Waals surface area contributed by atoms with Gasteiger partial charge in [-0.15, -0.1) is 0 Å². The Morgan fingerprint density at radius 3 is 2.57 bits per heavy atom. The molecule has 0 aromatic heterocycles. The molecule has 0 spiro atoms. The lowest BCUT2D eigenvalue weighted by molar-refractivity contribution is 0.131. The molecule has 21 heavy (non-hydrogen) atoms. The first-order valence-electron chi connectivity index (χ1n) is 8.31. The number of urea groups is 1. The van der Waals surface area contributed by atoms with Crippen LogP contribution in [-0.4, -0.2) is 53.3 Å². The van der Waals surface area contributed by atoms with E-state index >= 15 is 0 Å². The number of aliphatic hydroxyl groups is 1. The SMILES string of the molecule is CSC1CCCC(NC(=O)N(C)C2CCC(CO)CC2)C1. The van der Waals surface area contributed by atoms with Crippen LogP contribution in [0, 0.1) is 5.92 Å². The fourth-order valence-corrected chi connectivity index (χ4v) is 4.47. The van der Waals surface area contributed by atoms with E-state index in [-0.39, 0.29) is 6.03 Å². The number of carbonyl (C=O) groups is 1. The van der Waals surface area contributed by atoms with Gasteiger partial charge in [-0.3, -0.25) is 0 Å². The van der Waals surface area contributed by atoms with E-state index in [0.717, 1.165) is 38.5 Å². The number of hydrogen-bond donors (Lipinski definition) is 2. The normalized spacial score (nSPS) is 33.5. The minimum absolute atomic E-state index is 0.0919. The highest BCUT2D eigenvalue weighted by Gasteiger charge is 2.28. The third-order valence-electron chi connectivity index (χ3n) is 5.23. The van der Waals surface area contributed by atoms with Gasteiger partial charge in [0.1, 0.15) is 0 Å². The molecule has 2 unspecified atom stereocenters. The van der Waals surface area contributed by atoms with Crippen LogP contribution in [0.3, 0.4) is 0 Å². The Morgan fingerprint density at radius 1 is 1.24 bits per heavy atom. The van der Waals surface area contributed by atoms with Gasteiger partial charge >= 0.3 is 6.03 Å².